The predicted octanol–water partition coefficient (Wildman–Crippen LogP) is 3.02. The average molecular weight is 316 g/mol. The van der Waals surface area contributed by atoms with Crippen molar-refractivity contribution in [3.8, 4) is 5.75 Å². The number of hydrogen-bond donors (Lipinski definition) is 1. The van der Waals surface area contributed by atoms with E-state index in [2.05, 4.69) is 40.3 Å². The Hall–Kier alpha value is -0.580. The molecule has 0 spiro atoms. The fourth-order valence-corrected chi connectivity index (χ4v) is 2.13. The Morgan fingerprint density at radius 1 is 1.22 bits per heavy atom. The van der Waals surface area contributed by atoms with Gasteiger partial charge in [0.25, 0.3) is 0 Å². The third kappa shape index (κ3) is 5.85. The van der Waals surface area contributed by atoms with Crippen molar-refractivity contribution in [2.24, 2.45) is 0 Å². The Bertz CT molecular complexity index is 345. The van der Waals surface area contributed by atoms with E-state index < -0.39 is 0 Å². The fourth-order valence-electron chi connectivity index (χ4n) is 1.59. The molecule has 0 unspecified atom stereocenters. The number of likely N-dealkylation sites (N-methyl/N-ethyl adjacent to an activating group) is 1. The number of ether oxygens (including phenoxy) is 2. The van der Waals surface area contributed by atoms with Crippen molar-refractivity contribution in [3.05, 3.63) is 28.2 Å². The molecule has 0 atom stereocenters. The number of halogens is 1. The van der Waals surface area contributed by atoms with Gasteiger partial charge in [-0.3, -0.25) is 0 Å². The first-order valence-electron chi connectivity index (χ1n) is 6.47. The van der Waals surface area contributed by atoms with Crippen LogP contribution in [0.4, 0.5) is 0 Å². The van der Waals surface area contributed by atoms with Crippen molar-refractivity contribution >= 4 is 15.9 Å². The molecule has 1 aromatic rings. The summed E-state index contributed by atoms with van der Waals surface area (Å²) in [5.74, 6) is 0.898. The molecule has 1 rings (SSSR count). The summed E-state index contributed by atoms with van der Waals surface area (Å²) in [6, 6.07) is 6.18. The summed E-state index contributed by atoms with van der Waals surface area (Å²) >= 11 is 3.52. The summed E-state index contributed by atoms with van der Waals surface area (Å²) in [4.78, 5) is 0. The first kappa shape index (κ1) is 15.5. The number of rotatable bonds is 9. The molecule has 1 aromatic carbocycles. The van der Waals surface area contributed by atoms with Crippen LogP contribution in [0.15, 0.2) is 22.7 Å². The van der Waals surface area contributed by atoms with Gasteiger partial charge in [0.1, 0.15) is 5.75 Å². The maximum Gasteiger partial charge on any atom is 0.133 e. The van der Waals surface area contributed by atoms with E-state index in [1.165, 1.54) is 5.56 Å². The molecule has 1 N–H and O–H groups in total. The van der Waals surface area contributed by atoms with E-state index in [9.17, 15) is 0 Å². The zero-order valence-corrected chi connectivity index (χ0v) is 12.8. The second-order valence-corrected chi connectivity index (χ2v) is 4.77. The van der Waals surface area contributed by atoms with Gasteiger partial charge in [-0.05, 0) is 53.5 Å². The van der Waals surface area contributed by atoms with Gasteiger partial charge < -0.3 is 14.8 Å². The lowest BCUT2D eigenvalue weighted by atomic mass is 10.1. The van der Waals surface area contributed by atoms with E-state index in [1.807, 2.05) is 13.0 Å². The lowest BCUT2D eigenvalue weighted by molar-refractivity contribution is 0.139. The number of benzene rings is 1. The first-order chi connectivity index (χ1) is 8.77. The molecule has 18 heavy (non-hydrogen) atoms. The average Bonchev–Trinajstić information content (AvgIpc) is 2.37. The zero-order valence-electron chi connectivity index (χ0n) is 11.2. The highest BCUT2D eigenvalue weighted by atomic mass is 79.9. The van der Waals surface area contributed by atoms with Crippen molar-refractivity contribution in [2.75, 3.05) is 32.9 Å². The molecule has 0 aliphatic carbocycles. The van der Waals surface area contributed by atoms with Gasteiger partial charge in [0, 0.05) is 6.54 Å². The fraction of sp³-hybridized carbons (Fsp3) is 0.571. The third-order valence-corrected chi connectivity index (χ3v) is 3.12. The quantitative estimate of drug-likeness (QED) is 0.711. The van der Waals surface area contributed by atoms with Gasteiger partial charge >= 0.3 is 0 Å². The highest BCUT2D eigenvalue weighted by Gasteiger charge is 2.02. The van der Waals surface area contributed by atoms with E-state index in [0.29, 0.717) is 6.61 Å². The highest BCUT2D eigenvalue weighted by molar-refractivity contribution is 9.10. The molecule has 0 saturated carbocycles. The zero-order chi connectivity index (χ0) is 13.2. The standard InChI is InChI=1S/C14H22BrNO2/c1-3-16-8-10-17-9-7-12-5-6-14(18-4-2)13(15)11-12/h5-6,11,16H,3-4,7-10H2,1-2H3. The maximum absolute atomic E-state index is 5.55. The molecule has 0 fully saturated rings. The molecule has 4 heteroatoms. The Labute approximate surface area is 118 Å². The van der Waals surface area contributed by atoms with Gasteiger partial charge in [0.05, 0.1) is 24.3 Å². The summed E-state index contributed by atoms with van der Waals surface area (Å²) in [7, 11) is 0. The Kier molecular flexibility index (Phi) is 8.05. The van der Waals surface area contributed by atoms with Gasteiger partial charge in [-0.1, -0.05) is 13.0 Å². The molecule has 0 saturated heterocycles. The van der Waals surface area contributed by atoms with Crippen LogP contribution in [0.5, 0.6) is 5.75 Å². The van der Waals surface area contributed by atoms with E-state index in [4.69, 9.17) is 9.47 Å². The van der Waals surface area contributed by atoms with Crippen LogP contribution in [0, 0.1) is 0 Å². The molecule has 3 nitrogen and oxygen atoms in total. The van der Waals surface area contributed by atoms with E-state index in [1.54, 1.807) is 0 Å². The van der Waals surface area contributed by atoms with Crippen molar-refractivity contribution in [1.82, 2.24) is 5.32 Å². The molecule has 0 heterocycles. The molecule has 0 aromatic heterocycles. The van der Waals surface area contributed by atoms with Crippen LogP contribution in [0.2, 0.25) is 0 Å². The topological polar surface area (TPSA) is 30.5 Å². The van der Waals surface area contributed by atoms with Crippen molar-refractivity contribution < 1.29 is 9.47 Å². The highest BCUT2D eigenvalue weighted by Crippen LogP contribution is 2.26. The summed E-state index contributed by atoms with van der Waals surface area (Å²) in [6.07, 6.45) is 0.928. The summed E-state index contributed by atoms with van der Waals surface area (Å²) < 4.78 is 12.0. The van der Waals surface area contributed by atoms with Crippen LogP contribution in [0.25, 0.3) is 0 Å². The molecule has 0 radical (unpaired) electrons. The largest absolute Gasteiger partial charge is 0.493 e. The van der Waals surface area contributed by atoms with Gasteiger partial charge in [0.15, 0.2) is 0 Å². The number of hydrogen-bond acceptors (Lipinski definition) is 3. The summed E-state index contributed by atoms with van der Waals surface area (Å²) in [5, 5.41) is 3.23. The first-order valence-corrected chi connectivity index (χ1v) is 7.27. The second kappa shape index (κ2) is 9.36. The van der Waals surface area contributed by atoms with E-state index in [0.717, 1.165) is 42.9 Å². The van der Waals surface area contributed by atoms with Gasteiger partial charge in [-0.2, -0.15) is 0 Å². The molecule has 0 amide bonds. The molecule has 0 aliphatic rings. The van der Waals surface area contributed by atoms with E-state index >= 15 is 0 Å². The van der Waals surface area contributed by atoms with Crippen LogP contribution in [-0.2, 0) is 11.2 Å². The SMILES string of the molecule is CCNCCOCCc1ccc(OCC)c(Br)c1. The van der Waals surface area contributed by atoms with Crippen molar-refractivity contribution in [2.45, 2.75) is 20.3 Å². The summed E-state index contributed by atoms with van der Waals surface area (Å²) in [5.41, 5.74) is 1.26. The van der Waals surface area contributed by atoms with Crippen molar-refractivity contribution in [3.63, 3.8) is 0 Å². The normalized spacial score (nSPS) is 10.6. The monoisotopic (exact) mass is 315 g/mol. The number of nitrogens with one attached hydrogen (secondary N) is 1. The summed E-state index contributed by atoms with van der Waals surface area (Å²) in [6.45, 7) is 8.21. The third-order valence-electron chi connectivity index (χ3n) is 2.50. The minimum Gasteiger partial charge on any atom is -0.493 e. The Morgan fingerprint density at radius 3 is 2.72 bits per heavy atom. The van der Waals surface area contributed by atoms with Gasteiger partial charge in [0.2, 0.25) is 0 Å². The second-order valence-electron chi connectivity index (χ2n) is 3.91. The Balaban J connectivity index is 2.28. The van der Waals surface area contributed by atoms with E-state index in [-0.39, 0.29) is 0 Å². The molecule has 0 bridgehead atoms. The smallest absolute Gasteiger partial charge is 0.133 e. The van der Waals surface area contributed by atoms with Crippen LogP contribution in [-0.4, -0.2) is 32.9 Å². The molecule has 0 aliphatic heterocycles. The van der Waals surface area contributed by atoms with Crippen LogP contribution < -0.4 is 10.1 Å². The molecular weight excluding hydrogens is 294 g/mol. The minimum atomic E-state index is 0.686. The minimum absolute atomic E-state index is 0.686. The molecule has 102 valence electrons. The van der Waals surface area contributed by atoms with Crippen molar-refractivity contribution in [1.29, 1.82) is 0 Å². The van der Waals surface area contributed by atoms with Gasteiger partial charge in [-0.25, -0.2) is 0 Å². The molecular formula is C14H22BrNO2. The van der Waals surface area contributed by atoms with Gasteiger partial charge in [-0.15, -0.1) is 0 Å². The Morgan fingerprint density at radius 2 is 2.06 bits per heavy atom. The maximum atomic E-state index is 5.55. The predicted molar refractivity (Wildman–Crippen MR) is 78.4 cm³/mol. The van der Waals surface area contributed by atoms with Crippen LogP contribution in [0.3, 0.4) is 0 Å². The van der Waals surface area contributed by atoms with Crippen LogP contribution in [0.1, 0.15) is 19.4 Å². The lowest BCUT2D eigenvalue weighted by Crippen LogP contribution is -2.19. The van der Waals surface area contributed by atoms with Crippen LogP contribution >= 0.6 is 15.9 Å². The lowest BCUT2D eigenvalue weighted by Gasteiger charge is -2.08.